The first-order valence-electron chi connectivity index (χ1n) is 5.76. The Hall–Kier alpha value is -2.80. The molecule has 0 saturated heterocycles. The maximum atomic E-state index is 11.9. The molecule has 0 bridgehead atoms. The molecule has 1 aromatic heterocycles. The predicted molar refractivity (Wildman–Crippen MR) is 77.7 cm³/mol. The van der Waals surface area contributed by atoms with Gasteiger partial charge in [0.05, 0.1) is 10.5 Å². The Bertz CT molecular complexity index is 747. The SMILES string of the molecule is O=C(O)c1csc(C=CC(=O)c2cccc([N+](=O)[O-])c2)c1. The fourth-order valence-corrected chi connectivity index (χ4v) is 2.35. The number of benzene rings is 1. The van der Waals surface area contributed by atoms with Gasteiger partial charge in [0.15, 0.2) is 5.78 Å². The van der Waals surface area contributed by atoms with Crippen LogP contribution in [0.15, 0.2) is 41.8 Å². The number of carboxylic acids is 1. The topological polar surface area (TPSA) is 97.5 Å². The summed E-state index contributed by atoms with van der Waals surface area (Å²) >= 11 is 1.20. The van der Waals surface area contributed by atoms with Crippen molar-refractivity contribution < 1.29 is 19.6 Å². The van der Waals surface area contributed by atoms with E-state index in [1.165, 1.54) is 59.2 Å². The molecule has 0 aliphatic carbocycles. The summed E-state index contributed by atoms with van der Waals surface area (Å²) in [5.74, 6) is -1.42. The van der Waals surface area contributed by atoms with Crippen LogP contribution >= 0.6 is 11.3 Å². The molecule has 1 aromatic carbocycles. The maximum Gasteiger partial charge on any atom is 0.336 e. The van der Waals surface area contributed by atoms with Crippen molar-refractivity contribution in [3.63, 3.8) is 0 Å². The largest absolute Gasteiger partial charge is 0.478 e. The number of ketones is 1. The first kappa shape index (κ1) is 14.6. The monoisotopic (exact) mass is 303 g/mol. The van der Waals surface area contributed by atoms with Crippen molar-refractivity contribution in [2.24, 2.45) is 0 Å². The summed E-state index contributed by atoms with van der Waals surface area (Å²) in [6.45, 7) is 0. The zero-order valence-electron chi connectivity index (χ0n) is 10.6. The van der Waals surface area contributed by atoms with E-state index in [1.54, 1.807) is 0 Å². The van der Waals surface area contributed by atoms with Crippen LogP contribution in [0.2, 0.25) is 0 Å². The lowest BCUT2D eigenvalue weighted by Crippen LogP contribution is -1.96. The van der Waals surface area contributed by atoms with Crippen LogP contribution in [0.1, 0.15) is 25.6 Å². The molecule has 6 nitrogen and oxygen atoms in total. The van der Waals surface area contributed by atoms with E-state index in [2.05, 4.69) is 0 Å². The molecule has 0 unspecified atom stereocenters. The summed E-state index contributed by atoms with van der Waals surface area (Å²) in [4.78, 5) is 33.3. The van der Waals surface area contributed by atoms with Crippen LogP contribution in [0, 0.1) is 10.1 Å². The van der Waals surface area contributed by atoms with Crippen LogP contribution < -0.4 is 0 Å². The van der Waals surface area contributed by atoms with Crippen molar-refractivity contribution in [3.05, 3.63) is 67.9 Å². The van der Waals surface area contributed by atoms with E-state index in [1.807, 2.05) is 0 Å². The predicted octanol–water partition coefficient (Wildman–Crippen LogP) is 3.25. The Balaban J connectivity index is 2.16. The lowest BCUT2D eigenvalue weighted by molar-refractivity contribution is -0.384. The number of carbonyl (C=O) groups excluding carboxylic acids is 1. The molecule has 0 radical (unpaired) electrons. The summed E-state index contributed by atoms with van der Waals surface area (Å²) in [5, 5.41) is 20.9. The maximum absolute atomic E-state index is 11.9. The highest BCUT2D eigenvalue weighted by molar-refractivity contribution is 7.11. The molecule has 0 atom stereocenters. The van der Waals surface area contributed by atoms with Gasteiger partial charge in [-0.2, -0.15) is 0 Å². The van der Waals surface area contributed by atoms with Crippen molar-refractivity contribution in [3.8, 4) is 0 Å². The van der Waals surface area contributed by atoms with Gasteiger partial charge >= 0.3 is 5.97 Å². The van der Waals surface area contributed by atoms with Crippen LogP contribution in [0.4, 0.5) is 5.69 Å². The van der Waals surface area contributed by atoms with E-state index in [0.29, 0.717) is 4.88 Å². The summed E-state index contributed by atoms with van der Waals surface area (Å²) in [5.41, 5.74) is 0.205. The van der Waals surface area contributed by atoms with E-state index in [9.17, 15) is 19.7 Å². The Kier molecular flexibility index (Phi) is 4.24. The number of allylic oxidation sites excluding steroid dienone is 1. The van der Waals surface area contributed by atoms with Gasteiger partial charge in [-0.15, -0.1) is 11.3 Å². The highest BCUT2D eigenvalue weighted by atomic mass is 32.1. The average Bonchev–Trinajstić information content (AvgIpc) is 2.94. The summed E-state index contributed by atoms with van der Waals surface area (Å²) in [6.07, 6.45) is 2.74. The molecule has 0 aliphatic rings. The van der Waals surface area contributed by atoms with Gasteiger partial charge in [0.1, 0.15) is 0 Å². The number of thiophene rings is 1. The number of hydrogen-bond acceptors (Lipinski definition) is 5. The third kappa shape index (κ3) is 3.61. The molecule has 2 rings (SSSR count). The Morgan fingerprint density at radius 3 is 2.62 bits per heavy atom. The average molecular weight is 303 g/mol. The Morgan fingerprint density at radius 1 is 1.24 bits per heavy atom. The van der Waals surface area contributed by atoms with Gasteiger partial charge < -0.3 is 5.11 Å². The summed E-state index contributed by atoms with van der Waals surface area (Å²) in [6, 6.07) is 6.87. The number of non-ortho nitro benzene ring substituents is 1. The number of aromatic carboxylic acids is 1. The van der Waals surface area contributed by atoms with E-state index in [4.69, 9.17) is 5.11 Å². The fraction of sp³-hybridized carbons (Fsp3) is 0. The number of nitrogens with zero attached hydrogens (tertiary/aromatic N) is 1. The number of hydrogen-bond donors (Lipinski definition) is 1. The van der Waals surface area contributed by atoms with Gasteiger partial charge in [0.2, 0.25) is 0 Å². The second kappa shape index (κ2) is 6.10. The molecule has 0 aliphatic heterocycles. The van der Waals surface area contributed by atoms with Crippen LogP contribution in [0.25, 0.3) is 6.08 Å². The second-order valence-electron chi connectivity index (χ2n) is 4.05. The lowest BCUT2D eigenvalue weighted by atomic mass is 10.1. The highest BCUT2D eigenvalue weighted by Crippen LogP contribution is 2.18. The number of nitro groups is 1. The minimum Gasteiger partial charge on any atom is -0.478 e. The molecule has 0 spiro atoms. The van der Waals surface area contributed by atoms with Crippen LogP contribution in [-0.4, -0.2) is 21.8 Å². The van der Waals surface area contributed by atoms with Gasteiger partial charge in [-0.25, -0.2) is 4.79 Å². The van der Waals surface area contributed by atoms with Crippen molar-refractivity contribution in [2.75, 3.05) is 0 Å². The molecule has 7 heteroatoms. The Labute approximate surface area is 123 Å². The van der Waals surface area contributed by atoms with Gasteiger partial charge in [0, 0.05) is 28.0 Å². The van der Waals surface area contributed by atoms with Crippen LogP contribution in [0.3, 0.4) is 0 Å². The molecular weight excluding hydrogens is 294 g/mol. The molecule has 1 N–H and O–H groups in total. The van der Waals surface area contributed by atoms with E-state index in [0.717, 1.165) is 0 Å². The zero-order chi connectivity index (χ0) is 15.4. The van der Waals surface area contributed by atoms with Gasteiger partial charge in [-0.1, -0.05) is 12.1 Å². The standard InChI is InChI=1S/C14H9NO5S/c16-13(9-2-1-3-11(6-9)15(19)20)5-4-12-7-10(8-21-12)14(17)18/h1-8H,(H,17,18). The number of rotatable bonds is 5. The van der Waals surface area contributed by atoms with E-state index >= 15 is 0 Å². The molecule has 0 saturated carbocycles. The lowest BCUT2D eigenvalue weighted by Gasteiger charge is -1.95. The van der Waals surface area contributed by atoms with Crippen LogP contribution in [-0.2, 0) is 0 Å². The molecule has 106 valence electrons. The minimum atomic E-state index is -1.03. The third-order valence-corrected chi connectivity index (χ3v) is 3.51. The molecular formula is C14H9NO5S. The second-order valence-corrected chi connectivity index (χ2v) is 4.99. The molecule has 0 fully saturated rings. The van der Waals surface area contributed by atoms with Crippen molar-refractivity contribution in [1.82, 2.24) is 0 Å². The van der Waals surface area contributed by atoms with Crippen LogP contribution in [0.5, 0.6) is 0 Å². The van der Waals surface area contributed by atoms with Gasteiger partial charge in [-0.05, 0) is 18.2 Å². The number of nitro benzene ring substituents is 1. The van der Waals surface area contributed by atoms with E-state index < -0.39 is 10.9 Å². The van der Waals surface area contributed by atoms with Gasteiger partial charge in [0.25, 0.3) is 5.69 Å². The number of carbonyl (C=O) groups is 2. The fourth-order valence-electron chi connectivity index (χ4n) is 1.58. The smallest absolute Gasteiger partial charge is 0.336 e. The van der Waals surface area contributed by atoms with Crippen molar-refractivity contribution >= 4 is 34.9 Å². The highest BCUT2D eigenvalue weighted by Gasteiger charge is 2.10. The quantitative estimate of drug-likeness (QED) is 0.396. The van der Waals surface area contributed by atoms with E-state index in [-0.39, 0.29) is 22.6 Å². The summed E-state index contributed by atoms with van der Waals surface area (Å²) in [7, 11) is 0. The molecule has 1 heterocycles. The van der Waals surface area contributed by atoms with Gasteiger partial charge in [-0.3, -0.25) is 14.9 Å². The number of carboxylic acid groups (broad SMARTS) is 1. The molecule has 2 aromatic rings. The Morgan fingerprint density at radius 2 is 2.00 bits per heavy atom. The molecule has 21 heavy (non-hydrogen) atoms. The summed E-state index contributed by atoms with van der Waals surface area (Å²) < 4.78 is 0. The molecule has 0 amide bonds. The first-order chi connectivity index (χ1) is 9.97. The van der Waals surface area contributed by atoms with Crippen molar-refractivity contribution in [1.29, 1.82) is 0 Å². The minimum absolute atomic E-state index is 0.154. The normalized spacial score (nSPS) is 10.7. The zero-order valence-corrected chi connectivity index (χ0v) is 11.4. The third-order valence-electron chi connectivity index (χ3n) is 2.61. The first-order valence-corrected chi connectivity index (χ1v) is 6.64. The van der Waals surface area contributed by atoms with Crippen molar-refractivity contribution in [2.45, 2.75) is 0 Å².